The molecule has 0 aliphatic heterocycles. The van der Waals surface area contributed by atoms with Gasteiger partial charge in [0.15, 0.2) is 0 Å². The minimum Gasteiger partial charge on any atom is -0.385 e. The van der Waals surface area contributed by atoms with Gasteiger partial charge in [0.05, 0.1) is 0 Å². The highest BCUT2D eigenvalue weighted by molar-refractivity contribution is 9.10. The average molecular weight is 296 g/mol. The van der Waals surface area contributed by atoms with E-state index in [2.05, 4.69) is 46.4 Å². The van der Waals surface area contributed by atoms with Crippen molar-refractivity contribution in [1.29, 1.82) is 0 Å². The lowest BCUT2D eigenvalue weighted by Crippen LogP contribution is -2.08. The van der Waals surface area contributed by atoms with Crippen LogP contribution < -0.4 is 5.32 Å². The normalized spacial score (nSPS) is 16.4. The third kappa shape index (κ3) is 3.74. The van der Waals surface area contributed by atoms with Crippen molar-refractivity contribution < 1.29 is 0 Å². The van der Waals surface area contributed by atoms with Gasteiger partial charge in [0.1, 0.15) is 0 Å². The maximum absolute atomic E-state index is 3.60. The highest BCUT2D eigenvalue weighted by Crippen LogP contribution is 2.28. The van der Waals surface area contributed by atoms with Crippen molar-refractivity contribution in [2.45, 2.75) is 45.4 Å². The van der Waals surface area contributed by atoms with E-state index in [0.717, 1.165) is 18.9 Å². The van der Waals surface area contributed by atoms with E-state index in [1.165, 1.54) is 47.8 Å². The number of rotatable bonds is 5. The van der Waals surface area contributed by atoms with E-state index >= 15 is 0 Å². The fraction of sp³-hybridized carbons (Fsp3) is 0.600. The molecule has 0 amide bonds. The zero-order valence-electron chi connectivity index (χ0n) is 10.6. The summed E-state index contributed by atoms with van der Waals surface area (Å²) >= 11 is 3.53. The fourth-order valence-corrected chi connectivity index (χ4v) is 3.15. The van der Waals surface area contributed by atoms with Gasteiger partial charge in [-0.2, -0.15) is 0 Å². The smallest absolute Gasteiger partial charge is 0.0373 e. The monoisotopic (exact) mass is 295 g/mol. The SMILES string of the molecule is CCc1cc(Br)ccc1NCCC1CCCC1. The molecule has 0 spiro atoms. The van der Waals surface area contributed by atoms with Crippen LogP contribution >= 0.6 is 15.9 Å². The summed E-state index contributed by atoms with van der Waals surface area (Å²) in [4.78, 5) is 0. The lowest BCUT2D eigenvalue weighted by atomic mass is 10.0. The van der Waals surface area contributed by atoms with Gasteiger partial charge in [-0.15, -0.1) is 0 Å². The Kier molecular flexibility index (Phi) is 4.90. The van der Waals surface area contributed by atoms with Gasteiger partial charge in [0.25, 0.3) is 0 Å². The highest BCUT2D eigenvalue weighted by Gasteiger charge is 2.14. The summed E-state index contributed by atoms with van der Waals surface area (Å²) in [5, 5.41) is 3.60. The zero-order valence-corrected chi connectivity index (χ0v) is 12.2. The molecule has 1 saturated carbocycles. The van der Waals surface area contributed by atoms with Crippen LogP contribution in [-0.4, -0.2) is 6.54 Å². The molecule has 1 aromatic carbocycles. The van der Waals surface area contributed by atoms with Crippen LogP contribution in [0.4, 0.5) is 5.69 Å². The van der Waals surface area contributed by atoms with Crippen LogP contribution in [0.3, 0.4) is 0 Å². The lowest BCUT2D eigenvalue weighted by Gasteiger charge is -2.13. The number of halogens is 1. The number of aryl methyl sites for hydroxylation is 1. The van der Waals surface area contributed by atoms with E-state index in [0.29, 0.717) is 0 Å². The Labute approximate surface area is 113 Å². The third-order valence-electron chi connectivity index (χ3n) is 3.79. The van der Waals surface area contributed by atoms with Gasteiger partial charge in [-0.25, -0.2) is 0 Å². The molecule has 2 rings (SSSR count). The van der Waals surface area contributed by atoms with Crippen molar-refractivity contribution >= 4 is 21.6 Å². The summed E-state index contributed by atoms with van der Waals surface area (Å²) in [7, 11) is 0. The van der Waals surface area contributed by atoms with Crippen molar-refractivity contribution in [2.75, 3.05) is 11.9 Å². The van der Waals surface area contributed by atoms with Crippen molar-refractivity contribution in [1.82, 2.24) is 0 Å². The van der Waals surface area contributed by atoms with Gasteiger partial charge in [-0.1, -0.05) is 48.5 Å². The quantitative estimate of drug-likeness (QED) is 0.806. The first-order chi connectivity index (χ1) is 8.29. The number of hydrogen-bond acceptors (Lipinski definition) is 1. The van der Waals surface area contributed by atoms with E-state index in [1.807, 2.05) is 0 Å². The van der Waals surface area contributed by atoms with Gasteiger partial charge in [0, 0.05) is 16.7 Å². The first-order valence-corrected chi connectivity index (χ1v) is 7.61. The molecule has 0 bridgehead atoms. The van der Waals surface area contributed by atoms with Gasteiger partial charge in [-0.3, -0.25) is 0 Å². The minimum atomic E-state index is 0.975. The Bertz CT molecular complexity index is 356. The molecule has 1 aromatic rings. The van der Waals surface area contributed by atoms with E-state index in [-0.39, 0.29) is 0 Å². The third-order valence-corrected chi connectivity index (χ3v) is 4.28. The van der Waals surface area contributed by atoms with Crippen LogP contribution in [0.15, 0.2) is 22.7 Å². The van der Waals surface area contributed by atoms with Gasteiger partial charge in [-0.05, 0) is 42.5 Å². The molecule has 0 heterocycles. The molecule has 1 aliphatic carbocycles. The maximum Gasteiger partial charge on any atom is 0.0373 e. The molecule has 2 heteroatoms. The molecule has 94 valence electrons. The topological polar surface area (TPSA) is 12.0 Å². The van der Waals surface area contributed by atoms with Crippen LogP contribution in [0.5, 0.6) is 0 Å². The predicted octanol–water partition coefficient (Wildman–Crippen LogP) is 5.00. The van der Waals surface area contributed by atoms with Crippen LogP contribution in [-0.2, 0) is 6.42 Å². The van der Waals surface area contributed by atoms with E-state index in [9.17, 15) is 0 Å². The maximum atomic E-state index is 3.60. The van der Waals surface area contributed by atoms with E-state index in [4.69, 9.17) is 0 Å². The van der Waals surface area contributed by atoms with E-state index in [1.54, 1.807) is 0 Å². The van der Waals surface area contributed by atoms with Crippen LogP contribution in [0.1, 0.15) is 44.6 Å². The standard InChI is InChI=1S/C15H22BrN/c1-2-13-11-14(16)7-8-15(13)17-10-9-12-5-3-4-6-12/h7-8,11-12,17H,2-6,9-10H2,1H3. The molecule has 0 aromatic heterocycles. The van der Waals surface area contributed by atoms with E-state index < -0.39 is 0 Å². The Morgan fingerprint density at radius 1 is 1.29 bits per heavy atom. The minimum absolute atomic E-state index is 0.975. The Hall–Kier alpha value is -0.500. The van der Waals surface area contributed by atoms with Crippen molar-refractivity contribution in [2.24, 2.45) is 5.92 Å². The second-order valence-electron chi connectivity index (χ2n) is 5.02. The summed E-state index contributed by atoms with van der Waals surface area (Å²) in [6, 6.07) is 6.53. The first-order valence-electron chi connectivity index (χ1n) is 6.82. The number of hydrogen-bond donors (Lipinski definition) is 1. The van der Waals surface area contributed by atoms with Crippen molar-refractivity contribution in [3.8, 4) is 0 Å². The number of benzene rings is 1. The summed E-state index contributed by atoms with van der Waals surface area (Å²) < 4.78 is 1.18. The molecular formula is C15H22BrN. The second-order valence-corrected chi connectivity index (χ2v) is 5.94. The highest BCUT2D eigenvalue weighted by atomic mass is 79.9. The molecule has 0 radical (unpaired) electrons. The predicted molar refractivity (Wildman–Crippen MR) is 78.6 cm³/mol. The molecule has 0 atom stereocenters. The molecule has 1 aliphatic rings. The van der Waals surface area contributed by atoms with Crippen molar-refractivity contribution in [3.63, 3.8) is 0 Å². The number of anilines is 1. The molecule has 1 fully saturated rings. The van der Waals surface area contributed by atoms with Gasteiger partial charge < -0.3 is 5.32 Å². The molecule has 1 N–H and O–H groups in total. The average Bonchev–Trinajstić information content (AvgIpc) is 2.84. The molecule has 0 saturated heterocycles. The van der Waals surface area contributed by atoms with Gasteiger partial charge in [0.2, 0.25) is 0 Å². The molecule has 17 heavy (non-hydrogen) atoms. The zero-order chi connectivity index (χ0) is 12.1. The Morgan fingerprint density at radius 2 is 2.06 bits per heavy atom. The molecule has 1 nitrogen and oxygen atoms in total. The summed E-state index contributed by atoms with van der Waals surface area (Å²) in [6.45, 7) is 3.34. The fourth-order valence-electron chi connectivity index (χ4n) is 2.74. The Balaban J connectivity index is 1.85. The summed E-state index contributed by atoms with van der Waals surface area (Å²) in [6.07, 6.45) is 8.21. The lowest BCUT2D eigenvalue weighted by molar-refractivity contribution is 0.518. The van der Waals surface area contributed by atoms with Gasteiger partial charge >= 0.3 is 0 Å². The summed E-state index contributed by atoms with van der Waals surface area (Å²) in [5.41, 5.74) is 2.72. The molecule has 0 unspecified atom stereocenters. The Morgan fingerprint density at radius 3 is 2.76 bits per heavy atom. The van der Waals surface area contributed by atoms with Crippen LogP contribution in [0.2, 0.25) is 0 Å². The summed E-state index contributed by atoms with van der Waals surface area (Å²) in [5.74, 6) is 0.975. The second kappa shape index (κ2) is 6.44. The number of nitrogens with one attached hydrogen (secondary N) is 1. The largest absolute Gasteiger partial charge is 0.385 e. The molecular weight excluding hydrogens is 274 g/mol. The van der Waals surface area contributed by atoms with Crippen LogP contribution in [0.25, 0.3) is 0 Å². The van der Waals surface area contributed by atoms with Crippen molar-refractivity contribution in [3.05, 3.63) is 28.2 Å². The van der Waals surface area contributed by atoms with Crippen LogP contribution in [0, 0.1) is 5.92 Å². The first kappa shape index (κ1) is 12.9.